The van der Waals surface area contributed by atoms with Gasteiger partial charge in [-0.1, -0.05) is 0 Å². The van der Waals surface area contributed by atoms with Gasteiger partial charge in [-0.3, -0.25) is 20.2 Å². The van der Waals surface area contributed by atoms with Crippen LogP contribution in [0.2, 0.25) is 0 Å². The summed E-state index contributed by atoms with van der Waals surface area (Å²) in [7, 11) is 0. The highest BCUT2D eigenvalue weighted by Gasteiger charge is 2.23. The Morgan fingerprint density at radius 2 is 1.53 bits per heavy atom. The van der Waals surface area contributed by atoms with Gasteiger partial charge >= 0.3 is 0 Å². The Labute approximate surface area is 192 Å². The topological polar surface area (TPSA) is 90.8 Å². The summed E-state index contributed by atoms with van der Waals surface area (Å²) in [6.45, 7) is 3.72. The van der Waals surface area contributed by atoms with Crippen LogP contribution in [-0.4, -0.2) is 42.1 Å². The van der Waals surface area contributed by atoms with Gasteiger partial charge in [-0.25, -0.2) is 0 Å². The average Bonchev–Trinajstić information content (AvgIpc) is 3.34. The Hall–Kier alpha value is -3.20. The number of carbonyl (C=O) groups excluding carboxylic acids is 1. The van der Waals surface area contributed by atoms with Crippen LogP contribution < -0.4 is 20.4 Å². The molecule has 0 spiro atoms. The van der Waals surface area contributed by atoms with Crippen molar-refractivity contribution in [1.29, 1.82) is 0 Å². The summed E-state index contributed by atoms with van der Waals surface area (Å²) in [5.41, 5.74) is 2.64. The van der Waals surface area contributed by atoms with E-state index in [-0.39, 0.29) is 16.4 Å². The summed E-state index contributed by atoms with van der Waals surface area (Å²) >= 11 is 5.27. The van der Waals surface area contributed by atoms with Crippen molar-refractivity contribution in [3.63, 3.8) is 0 Å². The molecule has 2 aromatic carbocycles. The highest BCUT2D eigenvalue weighted by molar-refractivity contribution is 7.80. The molecule has 0 unspecified atom stereocenters. The van der Waals surface area contributed by atoms with E-state index in [2.05, 4.69) is 15.5 Å². The molecule has 2 saturated heterocycles. The quantitative estimate of drug-likeness (QED) is 0.396. The molecule has 0 atom stereocenters. The minimum Gasteiger partial charge on any atom is -0.372 e. The van der Waals surface area contributed by atoms with Crippen LogP contribution in [0.5, 0.6) is 0 Å². The first kappa shape index (κ1) is 22.0. The predicted octanol–water partition coefficient (Wildman–Crippen LogP) is 4.31. The second-order valence-corrected chi connectivity index (χ2v) is 8.57. The molecule has 0 aliphatic carbocycles. The number of nitrogens with one attached hydrogen (secondary N) is 2. The molecule has 4 rings (SSSR count). The summed E-state index contributed by atoms with van der Waals surface area (Å²) in [6.07, 6.45) is 5.59. The fraction of sp³-hybridized carbons (Fsp3) is 0.391. The van der Waals surface area contributed by atoms with Gasteiger partial charge in [0.25, 0.3) is 11.6 Å². The van der Waals surface area contributed by atoms with Gasteiger partial charge in [0.1, 0.15) is 5.69 Å². The van der Waals surface area contributed by atoms with Crippen LogP contribution >= 0.6 is 12.2 Å². The van der Waals surface area contributed by atoms with Gasteiger partial charge in [0.2, 0.25) is 0 Å². The van der Waals surface area contributed by atoms with Crippen LogP contribution in [0.25, 0.3) is 0 Å². The number of thiocarbonyl (C=S) groups is 1. The third-order valence-corrected chi connectivity index (χ3v) is 6.16. The number of hydrogen-bond acceptors (Lipinski definition) is 6. The van der Waals surface area contributed by atoms with Crippen LogP contribution in [0.15, 0.2) is 42.5 Å². The smallest absolute Gasteiger partial charge is 0.293 e. The molecule has 168 valence electrons. The van der Waals surface area contributed by atoms with Crippen LogP contribution in [0.3, 0.4) is 0 Å². The summed E-state index contributed by atoms with van der Waals surface area (Å²) in [5.74, 6) is -0.482. The van der Waals surface area contributed by atoms with Gasteiger partial charge in [0.15, 0.2) is 5.11 Å². The minimum absolute atomic E-state index is 0.0593. The average molecular weight is 454 g/mol. The Balaban J connectivity index is 1.39. The van der Waals surface area contributed by atoms with Crippen LogP contribution in [0.1, 0.15) is 42.5 Å². The van der Waals surface area contributed by atoms with Gasteiger partial charge in [-0.15, -0.1) is 0 Å². The van der Waals surface area contributed by atoms with Gasteiger partial charge in [-0.05, 0) is 80.7 Å². The van der Waals surface area contributed by atoms with E-state index in [0.717, 1.165) is 51.1 Å². The summed E-state index contributed by atoms with van der Waals surface area (Å²) in [6, 6.07) is 12.5. The molecule has 2 aromatic rings. The van der Waals surface area contributed by atoms with Crippen molar-refractivity contribution in [1.82, 2.24) is 5.32 Å². The van der Waals surface area contributed by atoms with Crippen molar-refractivity contribution in [2.24, 2.45) is 0 Å². The van der Waals surface area contributed by atoms with Crippen molar-refractivity contribution in [3.8, 4) is 0 Å². The standard InChI is InChI=1S/C23H27N5O3S/c29-22(17-6-11-20(21(16-17)28(30)31)27-14-2-1-3-15-27)25-23(32)24-18-7-9-19(10-8-18)26-12-4-5-13-26/h6-11,16H,1-5,12-15H2,(H2,24,25,29,32). The maximum absolute atomic E-state index is 12.7. The molecule has 0 bridgehead atoms. The van der Waals surface area contributed by atoms with E-state index in [1.807, 2.05) is 29.2 Å². The Kier molecular flexibility index (Phi) is 6.84. The lowest BCUT2D eigenvalue weighted by Crippen LogP contribution is -2.34. The zero-order valence-electron chi connectivity index (χ0n) is 17.9. The lowest BCUT2D eigenvalue weighted by atomic mass is 10.1. The van der Waals surface area contributed by atoms with Crippen molar-refractivity contribution >= 4 is 46.0 Å². The number of nitrogens with zero attached hydrogens (tertiary/aromatic N) is 3. The first-order valence-electron chi connectivity index (χ1n) is 11.0. The molecule has 0 aromatic heterocycles. The highest BCUT2D eigenvalue weighted by atomic mass is 32.1. The first-order chi connectivity index (χ1) is 15.5. The lowest BCUT2D eigenvalue weighted by Gasteiger charge is -2.28. The minimum atomic E-state index is -0.482. The Morgan fingerprint density at radius 3 is 2.19 bits per heavy atom. The van der Waals surface area contributed by atoms with E-state index in [4.69, 9.17) is 12.2 Å². The fourth-order valence-corrected chi connectivity index (χ4v) is 4.49. The molecule has 2 aliphatic heterocycles. The molecule has 0 saturated carbocycles. The van der Waals surface area contributed by atoms with E-state index in [1.165, 1.54) is 24.6 Å². The number of amides is 1. The van der Waals surface area contributed by atoms with Crippen molar-refractivity contribution in [3.05, 3.63) is 58.1 Å². The van der Waals surface area contributed by atoms with Crippen molar-refractivity contribution in [2.75, 3.05) is 41.3 Å². The lowest BCUT2D eigenvalue weighted by molar-refractivity contribution is -0.384. The summed E-state index contributed by atoms with van der Waals surface area (Å²) < 4.78 is 0. The third kappa shape index (κ3) is 5.16. The van der Waals surface area contributed by atoms with E-state index in [9.17, 15) is 14.9 Å². The molecule has 8 nitrogen and oxygen atoms in total. The summed E-state index contributed by atoms with van der Waals surface area (Å²) in [5, 5.41) is 17.4. The predicted molar refractivity (Wildman–Crippen MR) is 131 cm³/mol. The molecular formula is C23H27N5O3S. The Bertz CT molecular complexity index is 999. The number of nitro groups is 1. The summed E-state index contributed by atoms with van der Waals surface area (Å²) in [4.78, 5) is 28.2. The second kappa shape index (κ2) is 9.95. The van der Waals surface area contributed by atoms with Gasteiger partial charge in [-0.2, -0.15) is 0 Å². The third-order valence-electron chi connectivity index (χ3n) is 5.95. The zero-order chi connectivity index (χ0) is 22.5. The number of carbonyl (C=O) groups is 1. The van der Waals surface area contributed by atoms with Crippen LogP contribution in [-0.2, 0) is 0 Å². The van der Waals surface area contributed by atoms with Gasteiger partial charge < -0.3 is 15.1 Å². The van der Waals surface area contributed by atoms with E-state index in [1.54, 1.807) is 12.1 Å². The SMILES string of the molecule is O=C(NC(=S)Nc1ccc(N2CCCC2)cc1)c1ccc(N2CCCCC2)c([N+](=O)[O-])c1. The molecular weight excluding hydrogens is 426 g/mol. The molecule has 0 radical (unpaired) electrons. The largest absolute Gasteiger partial charge is 0.372 e. The van der Waals surface area contributed by atoms with Gasteiger partial charge in [0, 0.05) is 49.2 Å². The first-order valence-corrected chi connectivity index (χ1v) is 11.4. The molecule has 2 fully saturated rings. The van der Waals surface area contributed by atoms with E-state index >= 15 is 0 Å². The second-order valence-electron chi connectivity index (χ2n) is 8.16. The molecule has 9 heteroatoms. The number of hydrogen-bond donors (Lipinski definition) is 2. The number of rotatable bonds is 5. The monoisotopic (exact) mass is 453 g/mol. The van der Waals surface area contributed by atoms with E-state index < -0.39 is 10.8 Å². The zero-order valence-corrected chi connectivity index (χ0v) is 18.7. The van der Waals surface area contributed by atoms with Crippen LogP contribution in [0, 0.1) is 10.1 Å². The fourth-order valence-electron chi connectivity index (χ4n) is 4.28. The maximum Gasteiger partial charge on any atom is 0.293 e. The normalized spacial score (nSPS) is 16.0. The van der Waals surface area contributed by atoms with Gasteiger partial charge in [0.05, 0.1) is 4.92 Å². The van der Waals surface area contributed by atoms with Crippen molar-refractivity contribution < 1.29 is 9.72 Å². The number of nitro benzene ring substituents is 1. The highest BCUT2D eigenvalue weighted by Crippen LogP contribution is 2.31. The molecule has 1 amide bonds. The molecule has 2 aliphatic rings. The van der Waals surface area contributed by atoms with E-state index in [0.29, 0.717) is 5.69 Å². The Morgan fingerprint density at radius 1 is 0.906 bits per heavy atom. The number of piperidine rings is 1. The molecule has 2 heterocycles. The molecule has 32 heavy (non-hydrogen) atoms. The number of benzene rings is 2. The van der Waals surface area contributed by atoms with Crippen LogP contribution in [0.4, 0.5) is 22.7 Å². The maximum atomic E-state index is 12.7. The molecule has 2 N–H and O–H groups in total. The number of anilines is 3. The van der Waals surface area contributed by atoms with Crippen molar-refractivity contribution in [2.45, 2.75) is 32.1 Å².